The number of benzene rings is 1. The molecule has 0 bridgehead atoms. The number of aryl methyl sites for hydroxylation is 1. The van der Waals surface area contributed by atoms with E-state index < -0.39 is 6.16 Å². The molecule has 0 heterocycles. The average Bonchev–Trinajstić information content (AvgIpc) is 2.77. The minimum Gasteiger partial charge on any atom is -0.435 e. The van der Waals surface area contributed by atoms with Crippen molar-refractivity contribution >= 4 is 6.16 Å². The van der Waals surface area contributed by atoms with Crippen molar-refractivity contribution in [3.05, 3.63) is 47.5 Å². The zero-order chi connectivity index (χ0) is 13.0. The van der Waals surface area contributed by atoms with Gasteiger partial charge < -0.3 is 9.47 Å². The average molecular weight is 246 g/mol. The van der Waals surface area contributed by atoms with E-state index in [-0.39, 0.29) is 12.0 Å². The van der Waals surface area contributed by atoms with Gasteiger partial charge in [0.15, 0.2) is 0 Å². The maximum Gasteiger partial charge on any atom is 0.508 e. The summed E-state index contributed by atoms with van der Waals surface area (Å²) < 4.78 is 10.2. The molecule has 96 valence electrons. The van der Waals surface area contributed by atoms with Crippen LogP contribution in [0.15, 0.2) is 36.4 Å². The van der Waals surface area contributed by atoms with Gasteiger partial charge in [-0.3, -0.25) is 0 Å². The summed E-state index contributed by atoms with van der Waals surface area (Å²) in [5, 5.41) is 0. The van der Waals surface area contributed by atoms with Gasteiger partial charge in [-0.15, -0.1) is 0 Å². The second-order valence-electron chi connectivity index (χ2n) is 4.44. The highest BCUT2D eigenvalue weighted by Gasteiger charge is 2.28. The van der Waals surface area contributed by atoms with E-state index in [9.17, 15) is 4.79 Å². The van der Waals surface area contributed by atoms with Gasteiger partial charge in [0.05, 0.1) is 6.61 Å². The Morgan fingerprint density at radius 3 is 3.00 bits per heavy atom. The van der Waals surface area contributed by atoms with E-state index in [0.29, 0.717) is 6.61 Å². The summed E-state index contributed by atoms with van der Waals surface area (Å²) in [6, 6.07) is 8.28. The van der Waals surface area contributed by atoms with Crippen molar-refractivity contribution in [2.75, 3.05) is 6.61 Å². The van der Waals surface area contributed by atoms with Crippen LogP contribution < -0.4 is 0 Å². The lowest BCUT2D eigenvalue weighted by molar-refractivity contribution is 0.0253. The first-order chi connectivity index (χ1) is 8.70. The van der Waals surface area contributed by atoms with Gasteiger partial charge in [0, 0.05) is 12.3 Å². The van der Waals surface area contributed by atoms with Crippen LogP contribution in [0.25, 0.3) is 0 Å². The van der Waals surface area contributed by atoms with Crippen LogP contribution in [-0.4, -0.2) is 18.9 Å². The third-order valence-corrected chi connectivity index (χ3v) is 3.05. The monoisotopic (exact) mass is 246 g/mol. The molecule has 0 unspecified atom stereocenters. The molecule has 3 heteroatoms. The Morgan fingerprint density at radius 1 is 1.44 bits per heavy atom. The Bertz CT molecular complexity index is 451. The number of rotatable bonds is 3. The number of ether oxygens (including phenoxy) is 2. The standard InChI is InChI=1S/C15H18O3/c1-3-17-15(16)18-14-9-5-8-13(14)12-7-4-6-11(2)10-12/h4-8,10,13-14H,3,9H2,1-2H3/t13-,14+/m0/s1. The second kappa shape index (κ2) is 5.71. The largest absolute Gasteiger partial charge is 0.508 e. The number of hydrogen-bond acceptors (Lipinski definition) is 3. The Balaban J connectivity index is 2.07. The second-order valence-corrected chi connectivity index (χ2v) is 4.44. The molecule has 0 N–H and O–H groups in total. The highest BCUT2D eigenvalue weighted by Crippen LogP contribution is 2.31. The maximum absolute atomic E-state index is 11.4. The smallest absolute Gasteiger partial charge is 0.435 e. The van der Waals surface area contributed by atoms with Crippen molar-refractivity contribution in [2.45, 2.75) is 32.3 Å². The minimum atomic E-state index is -0.580. The van der Waals surface area contributed by atoms with Crippen LogP contribution in [0, 0.1) is 6.92 Å². The SMILES string of the molecule is CCOC(=O)O[C@@H]1CC=C[C@H]1c1cccc(C)c1. The lowest BCUT2D eigenvalue weighted by atomic mass is 9.95. The molecule has 0 aliphatic heterocycles. The van der Waals surface area contributed by atoms with Crippen LogP contribution >= 0.6 is 0 Å². The third kappa shape index (κ3) is 2.92. The van der Waals surface area contributed by atoms with Gasteiger partial charge in [0.1, 0.15) is 6.10 Å². The van der Waals surface area contributed by atoms with Gasteiger partial charge in [-0.05, 0) is 19.4 Å². The molecule has 18 heavy (non-hydrogen) atoms. The summed E-state index contributed by atoms with van der Waals surface area (Å²) >= 11 is 0. The van der Waals surface area contributed by atoms with Crippen LogP contribution in [0.3, 0.4) is 0 Å². The summed E-state index contributed by atoms with van der Waals surface area (Å²) in [6.45, 7) is 4.17. The Labute approximate surface area is 107 Å². The molecule has 0 aromatic heterocycles. The molecule has 1 aliphatic carbocycles. The van der Waals surface area contributed by atoms with E-state index in [1.54, 1.807) is 6.92 Å². The summed E-state index contributed by atoms with van der Waals surface area (Å²) in [5.41, 5.74) is 2.39. The van der Waals surface area contributed by atoms with Crippen molar-refractivity contribution in [1.82, 2.24) is 0 Å². The zero-order valence-electron chi connectivity index (χ0n) is 10.8. The van der Waals surface area contributed by atoms with Gasteiger partial charge in [-0.1, -0.05) is 42.0 Å². The van der Waals surface area contributed by atoms with Crippen LogP contribution in [0.4, 0.5) is 4.79 Å². The molecule has 0 saturated heterocycles. The summed E-state index contributed by atoms with van der Waals surface area (Å²) in [4.78, 5) is 11.4. The number of carbonyl (C=O) groups is 1. The molecule has 0 spiro atoms. The van der Waals surface area contributed by atoms with Gasteiger partial charge >= 0.3 is 6.16 Å². The fourth-order valence-electron chi connectivity index (χ4n) is 2.23. The molecule has 3 nitrogen and oxygen atoms in total. The molecule has 1 aliphatic rings. The Hall–Kier alpha value is -1.77. The first kappa shape index (κ1) is 12.7. The van der Waals surface area contributed by atoms with Gasteiger partial charge in [-0.25, -0.2) is 4.79 Å². The molecule has 2 rings (SSSR count). The molecule has 2 atom stereocenters. The zero-order valence-corrected chi connectivity index (χ0v) is 10.8. The van der Waals surface area contributed by atoms with Gasteiger partial charge in [0.25, 0.3) is 0 Å². The van der Waals surface area contributed by atoms with Gasteiger partial charge in [0.2, 0.25) is 0 Å². The van der Waals surface area contributed by atoms with E-state index in [4.69, 9.17) is 9.47 Å². The number of hydrogen-bond donors (Lipinski definition) is 0. The number of carbonyl (C=O) groups excluding carboxylic acids is 1. The quantitative estimate of drug-likeness (QED) is 0.604. The first-order valence-corrected chi connectivity index (χ1v) is 6.27. The molecular weight excluding hydrogens is 228 g/mol. The maximum atomic E-state index is 11.4. The van der Waals surface area contributed by atoms with Crippen molar-refractivity contribution in [1.29, 1.82) is 0 Å². The molecule has 0 amide bonds. The van der Waals surface area contributed by atoms with Crippen LogP contribution in [0.1, 0.15) is 30.4 Å². The lowest BCUT2D eigenvalue weighted by Gasteiger charge is -2.20. The van der Waals surface area contributed by atoms with Crippen molar-refractivity contribution < 1.29 is 14.3 Å². The van der Waals surface area contributed by atoms with E-state index in [2.05, 4.69) is 37.3 Å². The predicted octanol–water partition coefficient (Wildman–Crippen LogP) is 3.58. The molecule has 0 radical (unpaired) electrons. The Morgan fingerprint density at radius 2 is 2.28 bits per heavy atom. The molecular formula is C15H18O3. The molecule has 1 aromatic rings. The van der Waals surface area contributed by atoms with E-state index >= 15 is 0 Å². The fourth-order valence-corrected chi connectivity index (χ4v) is 2.23. The van der Waals surface area contributed by atoms with E-state index in [0.717, 1.165) is 6.42 Å². The summed E-state index contributed by atoms with van der Waals surface area (Å²) in [6.07, 6.45) is 4.17. The molecule has 1 aromatic carbocycles. The van der Waals surface area contributed by atoms with Crippen LogP contribution in [0.5, 0.6) is 0 Å². The molecule has 0 fully saturated rings. The topological polar surface area (TPSA) is 35.5 Å². The lowest BCUT2D eigenvalue weighted by Crippen LogP contribution is -2.22. The van der Waals surface area contributed by atoms with Crippen molar-refractivity contribution in [2.24, 2.45) is 0 Å². The highest BCUT2D eigenvalue weighted by molar-refractivity contribution is 5.60. The molecule has 0 saturated carbocycles. The predicted molar refractivity (Wildman–Crippen MR) is 69.6 cm³/mol. The third-order valence-electron chi connectivity index (χ3n) is 3.05. The summed E-state index contributed by atoms with van der Waals surface area (Å²) in [7, 11) is 0. The van der Waals surface area contributed by atoms with Crippen LogP contribution in [-0.2, 0) is 9.47 Å². The van der Waals surface area contributed by atoms with Gasteiger partial charge in [-0.2, -0.15) is 0 Å². The van der Waals surface area contributed by atoms with Crippen molar-refractivity contribution in [3.63, 3.8) is 0 Å². The first-order valence-electron chi connectivity index (χ1n) is 6.27. The van der Waals surface area contributed by atoms with Crippen LogP contribution in [0.2, 0.25) is 0 Å². The van der Waals surface area contributed by atoms with E-state index in [1.807, 2.05) is 6.07 Å². The van der Waals surface area contributed by atoms with E-state index in [1.165, 1.54) is 11.1 Å². The Kier molecular flexibility index (Phi) is 4.03. The van der Waals surface area contributed by atoms with Crippen molar-refractivity contribution in [3.8, 4) is 0 Å². The normalized spacial score (nSPS) is 21.9. The minimum absolute atomic E-state index is 0.134. The fraction of sp³-hybridized carbons (Fsp3) is 0.400. The highest BCUT2D eigenvalue weighted by atomic mass is 16.7. The summed E-state index contributed by atoms with van der Waals surface area (Å²) in [5.74, 6) is 0.134.